The summed E-state index contributed by atoms with van der Waals surface area (Å²) >= 11 is -2.86. The number of hydrogen-bond acceptors (Lipinski definition) is 8. The first-order chi connectivity index (χ1) is 16.5. The van der Waals surface area contributed by atoms with E-state index in [-0.39, 0.29) is 28.8 Å². The van der Waals surface area contributed by atoms with E-state index in [4.69, 9.17) is 9.57 Å². The molecule has 0 aliphatic carbocycles. The SMILES string of the molecule is COc1cc(N2CCN(OC(=O)C(C)(C)C)CC2)ccc1N(c1ccccc1OC(F)F)S(=O)[O-]. The Morgan fingerprint density at radius 3 is 2.26 bits per heavy atom. The third-order valence-corrected chi connectivity index (χ3v) is 5.95. The van der Waals surface area contributed by atoms with E-state index >= 15 is 0 Å². The van der Waals surface area contributed by atoms with E-state index in [1.54, 1.807) is 38.0 Å². The Balaban J connectivity index is 1.82. The van der Waals surface area contributed by atoms with Gasteiger partial charge in [0.2, 0.25) is 0 Å². The van der Waals surface area contributed by atoms with Crippen molar-refractivity contribution in [1.82, 2.24) is 5.06 Å². The molecule has 1 unspecified atom stereocenters. The van der Waals surface area contributed by atoms with Gasteiger partial charge in [0.1, 0.15) is 5.75 Å². The Bertz CT molecular complexity index is 1060. The van der Waals surface area contributed by atoms with E-state index < -0.39 is 23.3 Å². The summed E-state index contributed by atoms with van der Waals surface area (Å²) in [5.74, 6) is -0.377. The average Bonchev–Trinajstić information content (AvgIpc) is 2.80. The van der Waals surface area contributed by atoms with Crippen molar-refractivity contribution in [2.45, 2.75) is 27.4 Å². The van der Waals surface area contributed by atoms with E-state index in [2.05, 4.69) is 4.74 Å². The van der Waals surface area contributed by atoms with Crippen molar-refractivity contribution in [1.29, 1.82) is 0 Å². The summed E-state index contributed by atoms with van der Waals surface area (Å²) in [6, 6.07) is 10.5. The van der Waals surface area contributed by atoms with Crippen LogP contribution in [-0.2, 0) is 20.9 Å². The third-order valence-electron chi connectivity index (χ3n) is 5.26. The molecule has 1 fully saturated rings. The van der Waals surface area contributed by atoms with Crippen LogP contribution in [0.4, 0.5) is 25.8 Å². The highest BCUT2D eigenvalue weighted by molar-refractivity contribution is 7.81. The van der Waals surface area contributed by atoms with Crippen LogP contribution in [0.15, 0.2) is 42.5 Å². The van der Waals surface area contributed by atoms with Crippen molar-refractivity contribution in [2.24, 2.45) is 5.41 Å². The number of hydrogen-bond donors (Lipinski definition) is 0. The quantitative estimate of drug-likeness (QED) is 0.493. The second-order valence-electron chi connectivity index (χ2n) is 8.76. The minimum atomic E-state index is -3.12. The standard InChI is InChI=1S/C23H29F2N3O6S/c1-23(2,3)21(29)34-27-13-11-26(12-14-27)16-9-10-18(20(15-16)32-4)28(35(30)31)17-7-5-6-8-19(17)33-22(24)25/h5-10,15,22H,11-14H2,1-4H3,(H,30,31)/p-1. The normalized spacial score (nSPS) is 15.6. The largest absolute Gasteiger partial charge is 0.755 e. The van der Waals surface area contributed by atoms with E-state index in [1.807, 2.05) is 4.90 Å². The van der Waals surface area contributed by atoms with Gasteiger partial charge in [0, 0.05) is 24.8 Å². The second-order valence-corrected chi connectivity index (χ2v) is 9.56. The summed E-state index contributed by atoms with van der Waals surface area (Å²) in [5.41, 5.74) is 0.211. The predicted octanol–water partition coefficient (Wildman–Crippen LogP) is 3.86. The fourth-order valence-corrected chi connectivity index (χ4v) is 4.06. The molecule has 1 aliphatic rings. The number of benzene rings is 2. The van der Waals surface area contributed by atoms with E-state index in [9.17, 15) is 22.3 Å². The third kappa shape index (κ3) is 6.59. The van der Waals surface area contributed by atoms with Crippen molar-refractivity contribution in [3.8, 4) is 11.5 Å². The molecule has 2 aromatic carbocycles. The Morgan fingerprint density at radius 1 is 1.06 bits per heavy atom. The minimum Gasteiger partial charge on any atom is -0.755 e. The Kier molecular flexibility index (Phi) is 8.51. The summed E-state index contributed by atoms with van der Waals surface area (Å²) in [6.45, 7) is 4.33. The van der Waals surface area contributed by atoms with Gasteiger partial charge in [0.05, 0.1) is 48.3 Å². The van der Waals surface area contributed by atoms with Crippen molar-refractivity contribution < 1.29 is 36.6 Å². The fraction of sp³-hybridized carbons (Fsp3) is 0.435. The minimum absolute atomic E-state index is 0.0820. The zero-order valence-electron chi connectivity index (χ0n) is 19.9. The van der Waals surface area contributed by atoms with Gasteiger partial charge >= 0.3 is 12.6 Å². The van der Waals surface area contributed by atoms with E-state index in [1.165, 1.54) is 37.4 Å². The lowest BCUT2D eigenvalue weighted by atomic mass is 9.98. The monoisotopic (exact) mass is 512 g/mol. The maximum Gasteiger partial charge on any atom is 0.387 e. The van der Waals surface area contributed by atoms with Crippen LogP contribution in [-0.4, -0.2) is 59.7 Å². The van der Waals surface area contributed by atoms with Crippen LogP contribution in [0.1, 0.15) is 20.8 Å². The number of para-hydroxylation sites is 2. The van der Waals surface area contributed by atoms with E-state index in [0.717, 1.165) is 9.99 Å². The highest BCUT2D eigenvalue weighted by Gasteiger charge is 2.28. The van der Waals surface area contributed by atoms with Gasteiger partial charge < -0.3 is 23.8 Å². The van der Waals surface area contributed by atoms with Crippen LogP contribution in [0.5, 0.6) is 11.5 Å². The van der Waals surface area contributed by atoms with Crippen LogP contribution in [0.3, 0.4) is 0 Å². The number of nitrogens with zero attached hydrogens (tertiary/aromatic N) is 3. The number of carbonyl (C=O) groups is 1. The second kappa shape index (κ2) is 11.2. The summed E-state index contributed by atoms with van der Waals surface area (Å²) < 4.78 is 60.9. The molecule has 12 heteroatoms. The van der Waals surface area contributed by atoms with Crippen molar-refractivity contribution >= 4 is 34.3 Å². The van der Waals surface area contributed by atoms with Crippen LogP contribution in [0.25, 0.3) is 0 Å². The number of piperazine rings is 1. The van der Waals surface area contributed by atoms with Crippen LogP contribution >= 0.6 is 0 Å². The predicted molar refractivity (Wildman–Crippen MR) is 126 cm³/mol. The number of methoxy groups -OCH3 is 1. The van der Waals surface area contributed by atoms with Crippen LogP contribution in [0, 0.1) is 5.41 Å². The molecule has 0 amide bonds. The molecule has 0 spiro atoms. The molecule has 1 aliphatic heterocycles. The van der Waals surface area contributed by atoms with Crippen LogP contribution in [0.2, 0.25) is 0 Å². The van der Waals surface area contributed by atoms with Gasteiger partial charge in [-0.15, -0.1) is 5.06 Å². The molecule has 1 atom stereocenters. The van der Waals surface area contributed by atoms with Gasteiger partial charge in [0.15, 0.2) is 5.75 Å². The maximum atomic E-state index is 12.9. The van der Waals surface area contributed by atoms with Gasteiger partial charge in [-0.2, -0.15) is 8.78 Å². The fourth-order valence-electron chi connectivity index (χ4n) is 3.43. The maximum absolute atomic E-state index is 12.9. The first-order valence-corrected chi connectivity index (χ1v) is 11.9. The molecule has 0 aromatic heterocycles. The molecule has 35 heavy (non-hydrogen) atoms. The molecule has 192 valence electrons. The lowest BCUT2D eigenvalue weighted by molar-refractivity contribution is -0.201. The molecule has 0 saturated carbocycles. The molecule has 0 N–H and O–H groups in total. The number of carbonyl (C=O) groups excluding carboxylic acids is 1. The summed E-state index contributed by atoms with van der Waals surface area (Å²) in [6.07, 6.45) is 0. The van der Waals surface area contributed by atoms with Crippen molar-refractivity contribution in [3.63, 3.8) is 0 Å². The first kappa shape index (κ1) is 26.6. The highest BCUT2D eigenvalue weighted by Crippen LogP contribution is 2.41. The molecule has 0 radical (unpaired) electrons. The lowest BCUT2D eigenvalue weighted by Crippen LogP contribution is -2.48. The molecule has 9 nitrogen and oxygen atoms in total. The van der Waals surface area contributed by atoms with Gasteiger partial charge in [0.25, 0.3) is 0 Å². The average molecular weight is 513 g/mol. The number of hydroxylamine groups is 2. The molecule has 1 saturated heterocycles. The van der Waals surface area contributed by atoms with Crippen molar-refractivity contribution in [2.75, 3.05) is 42.5 Å². The van der Waals surface area contributed by atoms with Crippen molar-refractivity contribution in [3.05, 3.63) is 42.5 Å². The number of anilines is 3. The van der Waals surface area contributed by atoms with E-state index in [0.29, 0.717) is 26.2 Å². The Morgan fingerprint density at radius 2 is 1.69 bits per heavy atom. The summed E-state index contributed by atoms with van der Waals surface area (Å²) in [5, 5.41) is 1.62. The zero-order valence-corrected chi connectivity index (χ0v) is 20.7. The Labute approximate surface area is 205 Å². The Hall–Kier alpha value is -2.96. The topological polar surface area (TPSA) is 94.6 Å². The number of ether oxygens (including phenoxy) is 2. The van der Waals surface area contributed by atoms with Gasteiger partial charge in [-0.3, -0.25) is 8.51 Å². The molecule has 1 heterocycles. The smallest absolute Gasteiger partial charge is 0.387 e. The molecular weight excluding hydrogens is 484 g/mol. The zero-order chi connectivity index (χ0) is 25.8. The highest BCUT2D eigenvalue weighted by atomic mass is 32.2. The van der Waals surface area contributed by atoms with Gasteiger partial charge in [-0.25, -0.2) is 4.79 Å². The van der Waals surface area contributed by atoms with Gasteiger partial charge in [-0.05, 0) is 45.0 Å². The number of alkyl halides is 2. The molecule has 2 aromatic rings. The first-order valence-electron chi connectivity index (χ1n) is 10.8. The molecular formula is C23H28F2N3O6S-. The summed E-state index contributed by atoms with van der Waals surface area (Å²) in [7, 11) is 1.39. The number of halogens is 2. The number of rotatable bonds is 8. The summed E-state index contributed by atoms with van der Waals surface area (Å²) in [4.78, 5) is 19.6. The molecule has 3 rings (SSSR count). The van der Waals surface area contributed by atoms with Crippen LogP contribution < -0.4 is 18.7 Å². The van der Waals surface area contributed by atoms with Gasteiger partial charge in [-0.1, -0.05) is 12.1 Å². The lowest BCUT2D eigenvalue weighted by Gasteiger charge is -2.36. The molecule has 0 bridgehead atoms.